The Balaban J connectivity index is 4.08. The zero-order valence-corrected chi connectivity index (χ0v) is 7.76. The third-order valence-electron chi connectivity index (χ3n) is 1.76. The zero-order chi connectivity index (χ0) is 9.07. The van der Waals surface area contributed by atoms with Gasteiger partial charge in [0.25, 0.3) is 0 Å². The molecule has 0 bridgehead atoms. The molecule has 3 nitrogen and oxygen atoms in total. The Morgan fingerprint density at radius 2 is 2.00 bits per heavy atom. The largest absolute Gasteiger partial charge is 0.229 e. The van der Waals surface area contributed by atoms with Crippen LogP contribution in [0.15, 0.2) is 12.7 Å². The lowest BCUT2D eigenvalue weighted by Crippen LogP contribution is -2.24. The number of allylic oxidation sites excluding steroid dienone is 1. The third-order valence-corrected chi connectivity index (χ3v) is 2.75. The molecule has 0 rings (SSSR count). The highest BCUT2D eigenvalue weighted by molar-refractivity contribution is 7.89. The molecule has 0 aliphatic carbocycles. The topological polar surface area (TPSA) is 60.2 Å². The fourth-order valence-corrected chi connectivity index (χ4v) is 1.79. The number of primary sulfonamides is 1. The van der Waals surface area contributed by atoms with Gasteiger partial charge in [-0.25, -0.2) is 13.6 Å². The SMILES string of the molecule is C=C[C@H](C)[C@H](C)CS(N)(=O)=O. The predicted octanol–water partition coefficient (Wildman–Crippen LogP) is 0.733. The summed E-state index contributed by atoms with van der Waals surface area (Å²) in [7, 11) is -3.33. The van der Waals surface area contributed by atoms with E-state index in [4.69, 9.17) is 5.14 Å². The van der Waals surface area contributed by atoms with Crippen LogP contribution >= 0.6 is 0 Å². The standard InChI is InChI=1S/C7H15NO2S/c1-4-6(2)7(3)5-11(8,9)10/h4,6-7H,1,5H2,2-3H3,(H2,8,9,10)/t6-,7+/m0/s1. The van der Waals surface area contributed by atoms with Gasteiger partial charge in [-0.3, -0.25) is 0 Å². The summed E-state index contributed by atoms with van der Waals surface area (Å²) in [5, 5.41) is 4.87. The van der Waals surface area contributed by atoms with Crippen molar-refractivity contribution < 1.29 is 8.42 Å². The number of rotatable bonds is 4. The van der Waals surface area contributed by atoms with Gasteiger partial charge < -0.3 is 0 Å². The fraction of sp³-hybridized carbons (Fsp3) is 0.714. The van der Waals surface area contributed by atoms with Crippen LogP contribution < -0.4 is 5.14 Å². The summed E-state index contributed by atoms with van der Waals surface area (Å²) in [4.78, 5) is 0. The smallest absolute Gasteiger partial charge is 0.209 e. The Kier molecular flexibility index (Phi) is 3.75. The van der Waals surface area contributed by atoms with E-state index in [0.717, 1.165) is 0 Å². The van der Waals surface area contributed by atoms with Crippen LogP contribution in [0.25, 0.3) is 0 Å². The third kappa shape index (κ3) is 4.98. The summed E-state index contributed by atoms with van der Waals surface area (Å²) < 4.78 is 21.2. The van der Waals surface area contributed by atoms with Crippen LogP contribution in [0, 0.1) is 11.8 Å². The Morgan fingerprint density at radius 1 is 1.55 bits per heavy atom. The first-order chi connectivity index (χ1) is 4.87. The Labute approximate surface area is 68.3 Å². The minimum absolute atomic E-state index is 0.0280. The van der Waals surface area contributed by atoms with Crippen molar-refractivity contribution in [3.05, 3.63) is 12.7 Å². The molecule has 0 aromatic heterocycles. The van der Waals surface area contributed by atoms with Gasteiger partial charge in [0.15, 0.2) is 0 Å². The van der Waals surface area contributed by atoms with Crippen LogP contribution in [-0.4, -0.2) is 14.2 Å². The van der Waals surface area contributed by atoms with Gasteiger partial charge in [-0.05, 0) is 11.8 Å². The molecule has 0 aromatic carbocycles. The van der Waals surface area contributed by atoms with Crippen molar-refractivity contribution >= 4 is 10.0 Å². The molecule has 2 N–H and O–H groups in total. The first-order valence-electron chi connectivity index (χ1n) is 3.50. The average Bonchev–Trinajstić information content (AvgIpc) is 1.82. The molecule has 0 aliphatic rings. The summed E-state index contributed by atoms with van der Waals surface area (Å²) in [6.07, 6.45) is 1.73. The highest BCUT2D eigenvalue weighted by atomic mass is 32.2. The van der Waals surface area contributed by atoms with E-state index in [9.17, 15) is 8.42 Å². The minimum atomic E-state index is -3.33. The zero-order valence-electron chi connectivity index (χ0n) is 6.95. The Hall–Kier alpha value is -0.350. The molecule has 2 atom stereocenters. The van der Waals surface area contributed by atoms with Gasteiger partial charge >= 0.3 is 0 Å². The lowest BCUT2D eigenvalue weighted by atomic mass is 9.99. The average molecular weight is 177 g/mol. The second-order valence-corrected chi connectivity index (χ2v) is 4.56. The first kappa shape index (κ1) is 10.7. The van der Waals surface area contributed by atoms with Crippen molar-refractivity contribution in [2.75, 3.05) is 5.75 Å². The molecule has 0 amide bonds. The summed E-state index contributed by atoms with van der Waals surface area (Å²) in [5.74, 6) is 0.260. The van der Waals surface area contributed by atoms with E-state index in [1.54, 1.807) is 6.08 Å². The van der Waals surface area contributed by atoms with Crippen molar-refractivity contribution in [1.29, 1.82) is 0 Å². The van der Waals surface area contributed by atoms with Crippen molar-refractivity contribution in [3.8, 4) is 0 Å². The highest BCUT2D eigenvalue weighted by Gasteiger charge is 2.14. The van der Waals surface area contributed by atoms with E-state index < -0.39 is 10.0 Å². The molecule has 0 fully saturated rings. The Bertz CT molecular complexity index is 221. The number of sulfonamides is 1. The van der Waals surface area contributed by atoms with E-state index in [-0.39, 0.29) is 17.6 Å². The molecule has 0 heterocycles. The maximum Gasteiger partial charge on any atom is 0.209 e. The van der Waals surface area contributed by atoms with E-state index in [2.05, 4.69) is 6.58 Å². The summed E-state index contributed by atoms with van der Waals surface area (Å²) >= 11 is 0. The Morgan fingerprint density at radius 3 is 2.27 bits per heavy atom. The first-order valence-corrected chi connectivity index (χ1v) is 5.21. The van der Waals surface area contributed by atoms with Crippen LogP contribution in [0.4, 0.5) is 0 Å². The van der Waals surface area contributed by atoms with E-state index >= 15 is 0 Å². The van der Waals surface area contributed by atoms with Gasteiger partial charge in [-0.15, -0.1) is 6.58 Å². The van der Waals surface area contributed by atoms with Gasteiger partial charge in [0.1, 0.15) is 0 Å². The molecular formula is C7H15NO2S. The summed E-state index contributed by atoms with van der Waals surface area (Å²) in [6, 6.07) is 0. The lowest BCUT2D eigenvalue weighted by molar-refractivity contribution is 0.495. The molecule has 0 unspecified atom stereocenters. The molecule has 0 radical (unpaired) electrons. The van der Waals surface area contributed by atoms with E-state index in [1.165, 1.54) is 0 Å². The molecule has 4 heteroatoms. The molecule has 0 aliphatic heterocycles. The van der Waals surface area contributed by atoms with Crippen molar-refractivity contribution in [2.24, 2.45) is 17.0 Å². The summed E-state index contributed by atoms with van der Waals surface area (Å²) in [6.45, 7) is 7.34. The monoisotopic (exact) mass is 177 g/mol. The van der Waals surface area contributed by atoms with Crippen molar-refractivity contribution in [1.82, 2.24) is 0 Å². The fourth-order valence-electron chi connectivity index (χ4n) is 0.751. The van der Waals surface area contributed by atoms with Crippen molar-refractivity contribution in [2.45, 2.75) is 13.8 Å². The second kappa shape index (κ2) is 3.88. The molecule has 66 valence electrons. The van der Waals surface area contributed by atoms with Gasteiger partial charge in [0, 0.05) is 0 Å². The van der Waals surface area contributed by atoms with Crippen LogP contribution in [-0.2, 0) is 10.0 Å². The van der Waals surface area contributed by atoms with Crippen LogP contribution in [0.5, 0.6) is 0 Å². The number of nitrogens with two attached hydrogens (primary N) is 1. The number of hydrogen-bond acceptors (Lipinski definition) is 2. The second-order valence-electron chi connectivity index (χ2n) is 2.90. The maximum atomic E-state index is 10.6. The molecule has 11 heavy (non-hydrogen) atoms. The quantitative estimate of drug-likeness (QED) is 0.644. The molecule has 0 saturated carbocycles. The van der Waals surface area contributed by atoms with Crippen LogP contribution in [0.2, 0.25) is 0 Å². The normalized spacial score (nSPS) is 17.4. The van der Waals surface area contributed by atoms with Crippen LogP contribution in [0.3, 0.4) is 0 Å². The van der Waals surface area contributed by atoms with E-state index in [1.807, 2.05) is 13.8 Å². The van der Waals surface area contributed by atoms with Crippen LogP contribution in [0.1, 0.15) is 13.8 Å². The summed E-state index contributed by atoms with van der Waals surface area (Å²) in [5.41, 5.74) is 0. The van der Waals surface area contributed by atoms with Gasteiger partial charge in [-0.1, -0.05) is 19.9 Å². The van der Waals surface area contributed by atoms with E-state index in [0.29, 0.717) is 0 Å². The predicted molar refractivity (Wildman–Crippen MR) is 46.5 cm³/mol. The van der Waals surface area contributed by atoms with Gasteiger partial charge in [0.05, 0.1) is 5.75 Å². The lowest BCUT2D eigenvalue weighted by Gasteiger charge is -2.13. The van der Waals surface area contributed by atoms with Crippen molar-refractivity contribution in [3.63, 3.8) is 0 Å². The molecular weight excluding hydrogens is 162 g/mol. The minimum Gasteiger partial charge on any atom is -0.229 e. The molecule has 0 spiro atoms. The highest BCUT2D eigenvalue weighted by Crippen LogP contribution is 2.12. The molecule has 0 saturated heterocycles. The molecule has 0 aromatic rings. The number of hydrogen-bond donors (Lipinski definition) is 1. The van der Waals surface area contributed by atoms with Gasteiger partial charge in [0.2, 0.25) is 10.0 Å². The van der Waals surface area contributed by atoms with Gasteiger partial charge in [-0.2, -0.15) is 0 Å². The maximum absolute atomic E-state index is 10.6.